The van der Waals surface area contributed by atoms with E-state index in [-0.39, 0.29) is 18.6 Å². The summed E-state index contributed by atoms with van der Waals surface area (Å²) in [5.74, 6) is -0.211. The van der Waals surface area contributed by atoms with Gasteiger partial charge in [0.1, 0.15) is 0 Å². The van der Waals surface area contributed by atoms with E-state index in [0.717, 1.165) is 10.0 Å². The van der Waals surface area contributed by atoms with E-state index in [1.807, 2.05) is 24.3 Å². The van der Waals surface area contributed by atoms with E-state index in [1.54, 1.807) is 13.0 Å². The van der Waals surface area contributed by atoms with Crippen LogP contribution in [0.2, 0.25) is 0 Å². The normalized spacial score (nSPS) is 12.7. The number of aliphatic hydroxyl groups excluding tert-OH is 1. The van der Waals surface area contributed by atoms with Crippen LogP contribution in [0.5, 0.6) is 0 Å². The maximum atomic E-state index is 11.4. The highest BCUT2D eigenvalue weighted by Gasteiger charge is 2.02. The van der Waals surface area contributed by atoms with Gasteiger partial charge in [-0.3, -0.25) is 4.79 Å². The van der Waals surface area contributed by atoms with Crippen molar-refractivity contribution >= 4 is 27.9 Å². The first kappa shape index (κ1) is 12.9. The molecular weight excluding hydrogens is 270 g/mol. The standard InChI is InChI=1S/C12H14BrNO2/c1-9(8-15)14-12(16)7-6-10-4-2-3-5-11(10)13/h2-7,9,15H,8H2,1H3,(H,14,16)/t9-/m0/s1. The molecule has 0 spiro atoms. The SMILES string of the molecule is C[C@@H](CO)NC(=O)C=Cc1ccccc1Br. The zero-order valence-electron chi connectivity index (χ0n) is 8.98. The van der Waals surface area contributed by atoms with Gasteiger partial charge < -0.3 is 10.4 Å². The molecule has 2 N–H and O–H groups in total. The second-order valence-electron chi connectivity index (χ2n) is 3.45. The van der Waals surface area contributed by atoms with E-state index in [4.69, 9.17) is 5.11 Å². The highest BCUT2D eigenvalue weighted by Crippen LogP contribution is 2.16. The van der Waals surface area contributed by atoms with Gasteiger partial charge in [0.05, 0.1) is 6.61 Å². The van der Waals surface area contributed by atoms with Crippen molar-refractivity contribution in [2.24, 2.45) is 0 Å². The van der Waals surface area contributed by atoms with Crippen LogP contribution in [0.4, 0.5) is 0 Å². The molecule has 0 fully saturated rings. The predicted molar refractivity (Wildman–Crippen MR) is 67.9 cm³/mol. The van der Waals surface area contributed by atoms with Crippen LogP contribution in [-0.2, 0) is 4.79 Å². The topological polar surface area (TPSA) is 49.3 Å². The average Bonchev–Trinajstić information content (AvgIpc) is 2.28. The molecule has 0 saturated heterocycles. The quantitative estimate of drug-likeness (QED) is 0.830. The van der Waals surface area contributed by atoms with Gasteiger partial charge in [-0.2, -0.15) is 0 Å². The molecule has 0 bridgehead atoms. The summed E-state index contributed by atoms with van der Waals surface area (Å²) in [6.07, 6.45) is 3.18. The molecule has 0 unspecified atom stereocenters. The lowest BCUT2D eigenvalue weighted by molar-refractivity contribution is -0.117. The molecule has 0 aliphatic rings. The largest absolute Gasteiger partial charge is 0.394 e. The maximum absolute atomic E-state index is 11.4. The Bertz CT molecular complexity index is 390. The van der Waals surface area contributed by atoms with Gasteiger partial charge in [-0.15, -0.1) is 0 Å². The van der Waals surface area contributed by atoms with Crippen molar-refractivity contribution in [3.8, 4) is 0 Å². The van der Waals surface area contributed by atoms with Crippen molar-refractivity contribution in [2.45, 2.75) is 13.0 Å². The Hall–Kier alpha value is -1.13. The first-order valence-electron chi connectivity index (χ1n) is 4.97. The number of amides is 1. The number of hydrogen-bond acceptors (Lipinski definition) is 2. The molecule has 0 aliphatic heterocycles. The van der Waals surface area contributed by atoms with Crippen molar-refractivity contribution in [3.05, 3.63) is 40.4 Å². The summed E-state index contributed by atoms with van der Waals surface area (Å²) < 4.78 is 0.939. The molecule has 1 aromatic carbocycles. The molecule has 1 rings (SSSR count). The van der Waals surface area contributed by atoms with Crippen LogP contribution in [0, 0.1) is 0 Å². The molecule has 4 heteroatoms. The van der Waals surface area contributed by atoms with Gasteiger partial charge in [0.2, 0.25) is 5.91 Å². The van der Waals surface area contributed by atoms with Crippen LogP contribution in [0.1, 0.15) is 12.5 Å². The Labute approximate surface area is 103 Å². The van der Waals surface area contributed by atoms with Crippen LogP contribution in [0.3, 0.4) is 0 Å². The Kier molecular flexibility index (Phi) is 5.22. The number of aliphatic hydroxyl groups is 1. The molecule has 1 amide bonds. The van der Waals surface area contributed by atoms with E-state index in [2.05, 4.69) is 21.2 Å². The molecule has 0 aliphatic carbocycles. The smallest absolute Gasteiger partial charge is 0.244 e. The molecule has 16 heavy (non-hydrogen) atoms. The number of benzene rings is 1. The zero-order valence-corrected chi connectivity index (χ0v) is 10.6. The molecule has 1 aromatic rings. The van der Waals surface area contributed by atoms with Gasteiger partial charge in [0.15, 0.2) is 0 Å². The summed E-state index contributed by atoms with van der Waals surface area (Å²) in [5.41, 5.74) is 0.939. The van der Waals surface area contributed by atoms with Gasteiger partial charge in [0, 0.05) is 16.6 Å². The maximum Gasteiger partial charge on any atom is 0.244 e. The first-order valence-corrected chi connectivity index (χ1v) is 5.76. The fraction of sp³-hybridized carbons (Fsp3) is 0.250. The van der Waals surface area contributed by atoms with Crippen molar-refractivity contribution in [1.29, 1.82) is 0 Å². The minimum Gasteiger partial charge on any atom is -0.394 e. The fourth-order valence-corrected chi connectivity index (χ4v) is 1.53. The number of rotatable bonds is 4. The third kappa shape index (κ3) is 4.16. The predicted octanol–water partition coefficient (Wildman–Crippen LogP) is 1.96. The minimum atomic E-state index is -0.226. The van der Waals surface area contributed by atoms with Crippen LogP contribution < -0.4 is 5.32 Å². The molecule has 0 saturated carbocycles. The summed E-state index contributed by atoms with van der Waals surface area (Å²) in [6.45, 7) is 1.68. The molecule has 0 heterocycles. The van der Waals surface area contributed by atoms with Gasteiger partial charge in [-0.25, -0.2) is 0 Å². The Morgan fingerprint density at radius 2 is 2.25 bits per heavy atom. The third-order valence-electron chi connectivity index (χ3n) is 1.98. The molecule has 0 aromatic heterocycles. The Balaban J connectivity index is 2.60. The monoisotopic (exact) mass is 283 g/mol. The van der Waals surface area contributed by atoms with Crippen LogP contribution in [0.15, 0.2) is 34.8 Å². The zero-order chi connectivity index (χ0) is 12.0. The van der Waals surface area contributed by atoms with Crippen LogP contribution in [-0.4, -0.2) is 23.7 Å². The van der Waals surface area contributed by atoms with Gasteiger partial charge in [0.25, 0.3) is 0 Å². The second kappa shape index (κ2) is 6.45. The number of nitrogens with one attached hydrogen (secondary N) is 1. The van der Waals surface area contributed by atoms with Crippen molar-refractivity contribution in [2.75, 3.05) is 6.61 Å². The highest BCUT2D eigenvalue weighted by atomic mass is 79.9. The summed E-state index contributed by atoms with van der Waals surface area (Å²) in [7, 11) is 0. The van der Waals surface area contributed by atoms with E-state index < -0.39 is 0 Å². The third-order valence-corrected chi connectivity index (χ3v) is 2.70. The van der Waals surface area contributed by atoms with Crippen molar-refractivity contribution in [3.63, 3.8) is 0 Å². The molecule has 86 valence electrons. The minimum absolute atomic E-state index is 0.0609. The molecule has 1 atom stereocenters. The van der Waals surface area contributed by atoms with E-state index in [1.165, 1.54) is 6.08 Å². The van der Waals surface area contributed by atoms with Crippen LogP contribution >= 0.6 is 15.9 Å². The average molecular weight is 284 g/mol. The Morgan fingerprint density at radius 1 is 1.56 bits per heavy atom. The molecule has 3 nitrogen and oxygen atoms in total. The fourth-order valence-electron chi connectivity index (χ4n) is 1.11. The van der Waals surface area contributed by atoms with Gasteiger partial charge >= 0.3 is 0 Å². The number of hydrogen-bond donors (Lipinski definition) is 2. The number of carbonyl (C=O) groups is 1. The van der Waals surface area contributed by atoms with Gasteiger partial charge in [-0.05, 0) is 24.6 Å². The van der Waals surface area contributed by atoms with Crippen molar-refractivity contribution < 1.29 is 9.90 Å². The van der Waals surface area contributed by atoms with Gasteiger partial charge in [-0.1, -0.05) is 34.1 Å². The van der Waals surface area contributed by atoms with Crippen LogP contribution in [0.25, 0.3) is 6.08 Å². The summed E-state index contributed by atoms with van der Waals surface area (Å²) >= 11 is 3.39. The molecule has 0 radical (unpaired) electrons. The van der Waals surface area contributed by atoms with E-state index in [0.29, 0.717) is 0 Å². The number of halogens is 1. The van der Waals surface area contributed by atoms with Crippen molar-refractivity contribution in [1.82, 2.24) is 5.32 Å². The lowest BCUT2D eigenvalue weighted by atomic mass is 10.2. The first-order chi connectivity index (χ1) is 7.63. The molecular formula is C12H14BrNO2. The number of carbonyl (C=O) groups excluding carboxylic acids is 1. The lowest BCUT2D eigenvalue weighted by Crippen LogP contribution is -2.33. The van der Waals surface area contributed by atoms with E-state index in [9.17, 15) is 4.79 Å². The lowest BCUT2D eigenvalue weighted by Gasteiger charge is -2.07. The summed E-state index contributed by atoms with van der Waals surface area (Å²) in [5, 5.41) is 11.4. The summed E-state index contributed by atoms with van der Waals surface area (Å²) in [4.78, 5) is 11.4. The Morgan fingerprint density at radius 3 is 2.88 bits per heavy atom. The summed E-state index contributed by atoms with van der Waals surface area (Å²) in [6, 6.07) is 7.40. The highest BCUT2D eigenvalue weighted by molar-refractivity contribution is 9.10. The second-order valence-corrected chi connectivity index (χ2v) is 4.30. The van der Waals surface area contributed by atoms with E-state index >= 15 is 0 Å².